The topological polar surface area (TPSA) is 99.8 Å². The first kappa shape index (κ1) is 13.7. The summed E-state index contributed by atoms with van der Waals surface area (Å²) in [6.07, 6.45) is 3.31. The molecule has 1 aliphatic carbocycles. The smallest absolute Gasteiger partial charge is 0.262 e. The second-order valence-electron chi connectivity index (χ2n) is 4.99. The van der Waals surface area contributed by atoms with Crippen LogP contribution in [-0.4, -0.2) is 27.0 Å². The van der Waals surface area contributed by atoms with E-state index in [1.54, 1.807) is 12.1 Å². The number of carbonyl (C=O) groups excluding carboxylic acids is 2. The van der Waals surface area contributed by atoms with E-state index in [-0.39, 0.29) is 23.8 Å². The normalized spacial score (nSPS) is 15.5. The standard InChI is InChI=1S/C13H15N5O2S/c1-7(11-14-6-15-18-11)16-13(20)9-4-5-10(21-9)17-12(19)8-2-3-8/h4-8H,2-3H2,1H3,(H,16,20)(H,17,19)(H,14,15,18). The Kier molecular flexibility index (Phi) is 3.70. The number of anilines is 1. The molecule has 2 heterocycles. The van der Waals surface area contributed by atoms with E-state index in [1.807, 2.05) is 6.92 Å². The Balaban J connectivity index is 1.59. The molecule has 0 radical (unpaired) electrons. The predicted octanol–water partition coefficient (Wildman–Crippen LogP) is 1.71. The summed E-state index contributed by atoms with van der Waals surface area (Å²) in [7, 11) is 0. The van der Waals surface area contributed by atoms with Gasteiger partial charge in [0.1, 0.15) is 12.2 Å². The number of aromatic nitrogens is 3. The lowest BCUT2D eigenvalue weighted by Crippen LogP contribution is -2.26. The zero-order valence-electron chi connectivity index (χ0n) is 11.4. The number of nitrogens with zero attached hydrogens (tertiary/aromatic N) is 2. The van der Waals surface area contributed by atoms with Crippen LogP contribution < -0.4 is 10.6 Å². The SMILES string of the molecule is CC(NC(=O)c1ccc(NC(=O)C2CC2)s1)c1ncn[nH]1. The summed E-state index contributed by atoms with van der Waals surface area (Å²) < 4.78 is 0. The number of amides is 2. The summed E-state index contributed by atoms with van der Waals surface area (Å²) in [6.45, 7) is 1.82. The monoisotopic (exact) mass is 305 g/mol. The Labute approximate surface area is 125 Å². The highest BCUT2D eigenvalue weighted by atomic mass is 32.1. The highest BCUT2D eigenvalue weighted by Gasteiger charge is 2.29. The van der Waals surface area contributed by atoms with Crippen molar-refractivity contribution in [1.82, 2.24) is 20.5 Å². The van der Waals surface area contributed by atoms with Crippen molar-refractivity contribution in [2.45, 2.75) is 25.8 Å². The Morgan fingerprint density at radius 3 is 2.90 bits per heavy atom. The lowest BCUT2D eigenvalue weighted by atomic mass is 10.3. The maximum atomic E-state index is 12.1. The largest absolute Gasteiger partial charge is 0.342 e. The van der Waals surface area contributed by atoms with Crippen LogP contribution >= 0.6 is 11.3 Å². The minimum atomic E-state index is -0.258. The van der Waals surface area contributed by atoms with E-state index >= 15 is 0 Å². The quantitative estimate of drug-likeness (QED) is 0.783. The third kappa shape index (κ3) is 3.27. The van der Waals surface area contributed by atoms with Gasteiger partial charge in [0.25, 0.3) is 5.91 Å². The molecule has 3 N–H and O–H groups in total. The first-order valence-electron chi connectivity index (χ1n) is 6.70. The van der Waals surface area contributed by atoms with Gasteiger partial charge in [-0.1, -0.05) is 0 Å². The Hall–Kier alpha value is -2.22. The number of rotatable bonds is 5. The van der Waals surface area contributed by atoms with Crippen molar-refractivity contribution in [2.75, 3.05) is 5.32 Å². The minimum absolute atomic E-state index is 0.0406. The molecule has 0 bridgehead atoms. The fourth-order valence-corrected chi connectivity index (χ4v) is 2.67. The number of H-pyrrole nitrogens is 1. The van der Waals surface area contributed by atoms with Crippen LogP contribution in [0.4, 0.5) is 5.00 Å². The molecule has 2 aromatic heterocycles. The third-order valence-corrected chi connectivity index (χ3v) is 4.22. The van der Waals surface area contributed by atoms with Gasteiger partial charge in [0.2, 0.25) is 5.91 Å². The summed E-state index contributed by atoms with van der Waals surface area (Å²) in [5.41, 5.74) is 0. The lowest BCUT2D eigenvalue weighted by molar-refractivity contribution is -0.117. The molecule has 2 amide bonds. The van der Waals surface area contributed by atoms with Crippen molar-refractivity contribution in [1.29, 1.82) is 0 Å². The molecule has 1 atom stereocenters. The molecular formula is C13H15N5O2S. The molecule has 0 saturated heterocycles. The summed E-state index contributed by atoms with van der Waals surface area (Å²) in [5, 5.41) is 12.8. The lowest BCUT2D eigenvalue weighted by Gasteiger charge is -2.09. The fraction of sp³-hybridized carbons (Fsp3) is 0.385. The van der Waals surface area contributed by atoms with E-state index in [9.17, 15) is 9.59 Å². The Morgan fingerprint density at radius 1 is 1.43 bits per heavy atom. The van der Waals surface area contributed by atoms with E-state index in [2.05, 4.69) is 25.8 Å². The fourth-order valence-electron chi connectivity index (χ4n) is 1.86. The van der Waals surface area contributed by atoms with Crippen molar-refractivity contribution in [3.63, 3.8) is 0 Å². The molecule has 0 aliphatic heterocycles. The van der Waals surface area contributed by atoms with Gasteiger partial charge in [0.05, 0.1) is 15.9 Å². The van der Waals surface area contributed by atoms with Gasteiger partial charge < -0.3 is 10.6 Å². The molecule has 0 aromatic carbocycles. The van der Waals surface area contributed by atoms with E-state index in [4.69, 9.17) is 0 Å². The van der Waals surface area contributed by atoms with Gasteiger partial charge in [-0.15, -0.1) is 11.3 Å². The molecule has 1 saturated carbocycles. The average Bonchev–Trinajstić information content (AvgIpc) is 2.99. The number of nitrogens with one attached hydrogen (secondary N) is 3. The van der Waals surface area contributed by atoms with E-state index < -0.39 is 0 Å². The molecular weight excluding hydrogens is 290 g/mol. The van der Waals surface area contributed by atoms with E-state index in [0.717, 1.165) is 12.8 Å². The van der Waals surface area contributed by atoms with E-state index in [1.165, 1.54) is 17.7 Å². The van der Waals surface area contributed by atoms with Crippen LogP contribution in [0.15, 0.2) is 18.5 Å². The molecule has 8 heteroatoms. The summed E-state index contributed by atoms with van der Waals surface area (Å²) in [4.78, 5) is 28.3. The van der Waals surface area contributed by atoms with Gasteiger partial charge in [-0.25, -0.2) is 4.98 Å². The van der Waals surface area contributed by atoms with Gasteiger partial charge >= 0.3 is 0 Å². The van der Waals surface area contributed by atoms with Crippen molar-refractivity contribution in [3.8, 4) is 0 Å². The minimum Gasteiger partial charge on any atom is -0.342 e. The molecule has 1 unspecified atom stereocenters. The molecule has 7 nitrogen and oxygen atoms in total. The van der Waals surface area contributed by atoms with Gasteiger partial charge in [0, 0.05) is 5.92 Å². The van der Waals surface area contributed by atoms with Crippen LogP contribution in [0, 0.1) is 5.92 Å². The number of hydrogen-bond acceptors (Lipinski definition) is 5. The van der Waals surface area contributed by atoms with Gasteiger partial charge in [-0.05, 0) is 31.9 Å². The van der Waals surface area contributed by atoms with Crippen LogP contribution in [0.2, 0.25) is 0 Å². The van der Waals surface area contributed by atoms with Crippen LogP contribution in [0.3, 0.4) is 0 Å². The van der Waals surface area contributed by atoms with Crippen LogP contribution in [0.5, 0.6) is 0 Å². The maximum Gasteiger partial charge on any atom is 0.262 e. The predicted molar refractivity (Wildman–Crippen MR) is 77.9 cm³/mol. The number of aromatic amines is 1. The highest BCUT2D eigenvalue weighted by Crippen LogP contribution is 2.31. The second kappa shape index (κ2) is 5.65. The molecule has 3 rings (SSSR count). The summed E-state index contributed by atoms with van der Waals surface area (Å²) in [6, 6.07) is 3.20. The summed E-state index contributed by atoms with van der Waals surface area (Å²) in [5.74, 6) is 0.590. The van der Waals surface area contributed by atoms with Crippen LogP contribution in [0.25, 0.3) is 0 Å². The first-order valence-corrected chi connectivity index (χ1v) is 7.52. The second-order valence-corrected chi connectivity index (χ2v) is 6.08. The van der Waals surface area contributed by atoms with E-state index in [0.29, 0.717) is 15.7 Å². The molecule has 1 aliphatic rings. The molecule has 1 fully saturated rings. The first-order chi connectivity index (χ1) is 10.1. The van der Waals surface area contributed by atoms with Gasteiger partial charge in [0.15, 0.2) is 0 Å². The Morgan fingerprint density at radius 2 is 2.24 bits per heavy atom. The zero-order valence-corrected chi connectivity index (χ0v) is 12.2. The maximum absolute atomic E-state index is 12.1. The van der Waals surface area contributed by atoms with Crippen LogP contribution in [-0.2, 0) is 4.79 Å². The van der Waals surface area contributed by atoms with Crippen molar-refractivity contribution >= 4 is 28.2 Å². The molecule has 110 valence electrons. The summed E-state index contributed by atoms with van der Waals surface area (Å²) >= 11 is 1.26. The number of carbonyl (C=O) groups is 2. The number of hydrogen-bond donors (Lipinski definition) is 3. The number of thiophene rings is 1. The van der Waals surface area contributed by atoms with Crippen molar-refractivity contribution in [3.05, 3.63) is 29.2 Å². The highest BCUT2D eigenvalue weighted by molar-refractivity contribution is 7.18. The average molecular weight is 305 g/mol. The molecule has 2 aromatic rings. The Bertz CT molecular complexity index is 647. The van der Waals surface area contributed by atoms with Gasteiger partial charge in [-0.3, -0.25) is 14.7 Å². The van der Waals surface area contributed by atoms with Crippen molar-refractivity contribution in [2.24, 2.45) is 5.92 Å². The molecule has 21 heavy (non-hydrogen) atoms. The van der Waals surface area contributed by atoms with Crippen LogP contribution in [0.1, 0.15) is 41.3 Å². The zero-order chi connectivity index (χ0) is 14.8. The van der Waals surface area contributed by atoms with Crippen molar-refractivity contribution < 1.29 is 9.59 Å². The molecule has 0 spiro atoms. The third-order valence-electron chi connectivity index (χ3n) is 3.22. The van der Waals surface area contributed by atoms with Gasteiger partial charge in [-0.2, -0.15) is 5.10 Å².